The SMILES string of the molecule is C=C1CC(O/C(C)=C\CC)C2C[C@H](C)CCC2[C@H]1CC. The van der Waals surface area contributed by atoms with Gasteiger partial charge in [0.1, 0.15) is 6.10 Å². The zero-order chi connectivity index (χ0) is 14.7. The smallest absolute Gasteiger partial charge is 0.105 e. The quantitative estimate of drug-likeness (QED) is 0.471. The number of ether oxygens (including phenoxy) is 1. The van der Waals surface area contributed by atoms with Gasteiger partial charge in [0, 0.05) is 6.42 Å². The zero-order valence-electron chi connectivity index (χ0n) is 13.8. The van der Waals surface area contributed by atoms with Crippen molar-refractivity contribution in [3.63, 3.8) is 0 Å². The highest BCUT2D eigenvalue weighted by atomic mass is 16.5. The first-order chi connectivity index (χ1) is 9.56. The van der Waals surface area contributed by atoms with E-state index in [1.807, 2.05) is 0 Å². The van der Waals surface area contributed by atoms with Gasteiger partial charge >= 0.3 is 0 Å². The summed E-state index contributed by atoms with van der Waals surface area (Å²) in [6.07, 6.45) is 10.1. The second kappa shape index (κ2) is 6.83. The fourth-order valence-corrected chi connectivity index (χ4v) is 4.53. The van der Waals surface area contributed by atoms with Crippen LogP contribution in [-0.2, 0) is 4.74 Å². The van der Waals surface area contributed by atoms with Crippen molar-refractivity contribution in [2.75, 3.05) is 0 Å². The Hall–Kier alpha value is -0.720. The Morgan fingerprint density at radius 3 is 2.70 bits per heavy atom. The van der Waals surface area contributed by atoms with Gasteiger partial charge in [-0.2, -0.15) is 0 Å². The van der Waals surface area contributed by atoms with Crippen LogP contribution >= 0.6 is 0 Å². The lowest BCUT2D eigenvalue weighted by Gasteiger charge is -2.48. The van der Waals surface area contributed by atoms with Crippen LogP contribution in [0.25, 0.3) is 0 Å². The minimum absolute atomic E-state index is 0.376. The topological polar surface area (TPSA) is 9.23 Å². The lowest BCUT2D eigenvalue weighted by molar-refractivity contribution is -0.0274. The molecule has 2 aliphatic carbocycles. The van der Waals surface area contributed by atoms with Crippen LogP contribution in [-0.4, -0.2) is 6.10 Å². The van der Waals surface area contributed by atoms with Crippen LogP contribution in [0, 0.1) is 23.7 Å². The normalized spacial score (nSPS) is 38.5. The predicted octanol–water partition coefficient (Wildman–Crippen LogP) is 5.72. The largest absolute Gasteiger partial charge is 0.495 e. The molecule has 1 nitrogen and oxygen atoms in total. The van der Waals surface area contributed by atoms with Gasteiger partial charge < -0.3 is 4.74 Å². The molecule has 0 N–H and O–H groups in total. The third kappa shape index (κ3) is 3.30. The van der Waals surface area contributed by atoms with E-state index in [2.05, 4.69) is 40.3 Å². The maximum atomic E-state index is 6.31. The molecule has 1 heteroatoms. The molecule has 0 saturated heterocycles. The maximum absolute atomic E-state index is 6.31. The zero-order valence-corrected chi connectivity index (χ0v) is 13.8. The lowest BCUT2D eigenvalue weighted by atomic mass is 9.60. The summed E-state index contributed by atoms with van der Waals surface area (Å²) in [5.41, 5.74) is 1.44. The molecule has 2 fully saturated rings. The molecule has 0 aliphatic heterocycles. The molecule has 0 spiro atoms. The molecule has 2 saturated carbocycles. The summed E-state index contributed by atoms with van der Waals surface area (Å²) >= 11 is 0. The third-order valence-corrected chi connectivity index (χ3v) is 5.47. The van der Waals surface area contributed by atoms with Gasteiger partial charge in [0.05, 0.1) is 5.76 Å². The number of hydrogen-bond donors (Lipinski definition) is 0. The van der Waals surface area contributed by atoms with E-state index >= 15 is 0 Å². The molecule has 0 aromatic carbocycles. The molecule has 20 heavy (non-hydrogen) atoms. The Labute approximate surface area is 125 Å². The second-order valence-corrected chi connectivity index (χ2v) is 7.00. The first-order valence-electron chi connectivity index (χ1n) is 8.57. The average molecular weight is 276 g/mol. The van der Waals surface area contributed by atoms with Crippen molar-refractivity contribution in [1.29, 1.82) is 0 Å². The molecule has 0 aromatic rings. The highest BCUT2D eigenvalue weighted by Crippen LogP contribution is 2.49. The van der Waals surface area contributed by atoms with Gasteiger partial charge in [-0.15, -0.1) is 0 Å². The van der Waals surface area contributed by atoms with Crippen molar-refractivity contribution in [2.45, 2.75) is 72.3 Å². The van der Waals surface area contributed by atoms with E-state index in [0.717, 1.165) is 42.3 Å². The maximum Gasteiger partial charge on any atom is 0.105 e. The van der Waals surface area contributed by atoms with E-state index in [9.17, 15) is 0 Å². The Morgan fingerprint density at radius 1 is 1.30 bits per heavy atom. The Morgan fingerprint density at radius 2 is 2.05 bits per heavy atom. The Kier molecular flexibility index (Phi) is 5.35. The van der Waals surface area contributed by atoms with Gasteiger partial charge in [-0.3, -0.25) is 0 Å². The Bertz CT molecular complexity index is 368. The molecule has 2 rings (SSSR count). The fourth-order valence-electron chi connectivity index (χ4n) is 4.53. The summed E-state index contributed by atoms with van der Waals surface area (Å²) < 4.78 is 6.31. The first-order valence-corrected chi connectivity index (χ1v) is 8.57. The second-order valence-electron chi connectivity index (χ2n) is 7.00. The number of rotatable bonds is 4. The van der Waals surface area contributed by atoms with Crippen molar-refractivity contribution in [3.05, 3.63) is 24.0 Å². The summed E-state index contributed by atoms with van der Waals surface area (Å²) in [6, 6.07) is 0. The molecular weight excluding hydrogens is 244 g/mol. The highest BCUT2D eigenvalue weighted by Gasteiger charge is 2.44. The van der Waals surface area contributed by atoms with Crippen LogP contribution in [0.4, 0.5) is 0 Å². The monoisotopic (exact) mass is 276 g/mol. The molecule has 0 aromatic heterocycles. The molecule has 2 aliphatic rings. The molecule has 0 heterocycles. The average Bonchev–Trinajstić information content (AvgIpc) is 2.40. The number of hydrogen-bond acceptors (Lipinski definition) is 1. The summed E-state index contributed by atoms with van der Waals surface area (Å²) in [4.78, 5) is 0. The van der Waals surface area contributed by atoms with Crippen LogP contribution in [0.3, 0.4) is 0 Å². The molecule has 114 valence electrons. The van der Waals surface area contributed by atoms with E-state index in [4.69, 9.17) is 4.74 Å². The minimum Gasteiger partial charge on any atom is -0.495 e. The number of fused-ring (bicyclic) bond motifs is 1. The third-order valence-electron chi connectivity index (χ3n) is 5.47. The summed E-state index contributed by atoms with van der Waals surface area (Å²) in [7, 11) is 0. The van der Waals surface area contributed by atoms with Crippen molar-refractivity contribution in [3.8, 4) is 0 Å². The van der Waals surface area contributed by atoms with Crippen molar-refractivity contribution in [1.82, 2.24) is 0 Å². The molecular formula is C19H32O. The van der Waals surface area contributed by atoms with Crippen LogP contribution in [0.2, 0.25) is 0 Å². The lowest BCUT2D eigenvalue weighted by Crippen LogP contribution is -2.43. The van der Waals surface area contributed by atoms with Crippen LogP contribution in [0.15, 0.2) is 24.0 Å². The summed E-state index contributed by atoms with van der Waals surface area (Å²) in [6.45, 7) is 13.4. The van der Waals surface area contributed by atoms with Crippen LogP contribution in [0.1, 0.15) is 66.2 Å². The van der Waals surface area contributed by atoms with E-state index in [-0.39, 0.29) is 0 Å². The summed E-state index contributed by atoms with van der Waals surface area (Å²) in [5, 5.41) is 0. The van der Waals surface area contributed by atoms with E-state index < -0.39 is 0 Å². The fraction of sp³-hybridized carbons (Fsp3) is 0.789. The molecule has 5 atom stereocenters. The van der Waals surface area contributed by atoms with E-state index in [0.29, 0.717) is 6.10 Å². The highest BCUT2D eigenvalue weighted by molar-refractivity contribution is 5.12. The van der Waals surface area contributed by atoms with Crippen molar-refractivity contribution in [2.24, 2.45) is 23.7 Å². The van der Waals surface area contributed by atoms with Crippen molar-refractivity contribution < 1.29 is 4.74 Å². The van der Waals surface area contributed by atoms with Crippen molar-refractivity contribution >= 4 is 0 Å². The molecule has 0 amide bonds. The molecule has 3 unspecified atom stereocenters. The van der Waals surface area contributed by atoms with Gasteiger partial charge in [-0.05, 0) is 62.4 Å². The molecule has 0 bridgehead atoms. The summed E-state index contributed by atoms with van der Waals surface area (Å²) in [5.74, 6) is 4.27. The van der Waals surface area contributed by atoms with Gasteiger partial charge in [0.25, 0.3) is 0 Å². The predicted molar refractivity (Wildman–Crippen MR) is 86.5 cm³/mol. The first kappa shape index (κ1) is 15.7. The Balaban J connectivity index is 2.15. The minimum atomic E-state index is 0.376. The standard InChI is InChI=1S/C19H32O/c1-6-8-15(5)20-19-12-14(4)16(7-2)17-10-9-13(3)11-18(17)19/h8,13,16-19H,4,6-7,9-12H2,1-3,5H3/b15-8-/t13-,16+,17?,18?,19?/m1/s1. The van der Waals surface area contributed by atoms with Gasteiger partial charge in [0.15, 0.2) is 0 Å². The van der Waals surface area contributed by atoms with Gasteiger partial charge in [-0.1, -0.05) is 39.3 Å². The van der Waals surface area contributed by atoms with Gasteiger partial charge in [-0.25, -0.2) is 0 Å². The van der Waals surface area contributed by atoms with E-state index in [1.54, 1.807) is 0 Å². The van der Waals surface area contributed by atoms with E-state index in [1.165, 1.54) is 31.3 Å². The number of allylic oxidation sites excluding steroid dienone is 2. The van der Waals surface area contributed by atoms with Crippen LogP contribution in [0.5, 0.6) is 0 Å². The molecule has 0 radical (unpaired) electrons. The van der Waals surface area contributed by atoms with Crippen LogP contribution < -0.4 is 0 Å². The van der Waals surface area contributed by atoms with Gasteiger partial charge in [0.2, 0.25) is 0 Å².